The van der Waals surface area contributed by atoms with Crippen molar-refractivity contribution in [2.75, 3.05) is 5.73 Å². The fraction of sp³-hybridized carbons (Fsp3) is 0.0667. The lowest BCUT2D eigenvalue weighted by molar-refractivity contribution is 0.455. The van der Waals surface area contributed by atoms with Gasteiger partial charge in [0.2, 0.25) is 5.88 Å². The van der Waals surface area contributed by atoms with E-state index < -0.39 is 0 Å². The molecule has 3 rings (SSSR count). The van der Waals surface area contributed by atoms with Gasteiger partial charge in [-0.25, -0.2) is 9.97 Å². The molecular weight excluding hydrogens is 318 g/mol. The molecule has 100 valence electrons. The molecule has 20 heavy (non-hydrogen) atoms. The first-order valence-electron chi connectivity index (χ1n) is 6.10. The summed E-state index contributed by atoms with van der Waals surface area (Å²) in [5, 5.41) is 0. The third-order valence-corrected chi connectivity index (χ3v) is 3.52. The average molecular weight is 330 g/mol. The predicted molar refractivity (Wildman–Crippen MR) is 82.9 cm³/mol. The molecule has 0 aliphatic rings. The Kier molecular flexibility index (Phi) is 3.28. The van der Waals surface area contributed by atoms with Gasteiger partial charge in [-0.3, -0.25) is 0 Å². The van der Waals surface area contributed by atoms with Gasteiger partial charge in [0, 0.05) is 11.8 Å². The number of aromatic nitrogens is 2. The number of halogens is 1. The summed E-state index contributed by atoms with van der Waals surface area (Å²) in [5.41, 5.74) is 8.79. The Morgan fingerprint density at radius 3 is 2.50 bits per heavy atom. The Bertz CT molecular complexity index is 789. The molecule has 0 radical (unpaired) electrons. The highest BCUT2D eigenvalue weighted by molar-refractivity contribution is 9.10. The van der Waals surface area contributed by atoms with Gasteiger partial charge in [0.05, 0.1) is 15.5 Å². The molecule has 2 aromatic carbocycles. The maximum atomic E-state index is 5.83. The third kappa shape index (κ3) is 2.44. The number of hydrogen-bond donors (Lipinski definition) is 1. The molecule has 0 spiro atoms. The van der Waals surface area contributed by atoms with E-state index in [2.05, 4.69) is 25.9 Å². The molecule has 0 bridgehead atoms. The number of ether oxygens (including phenoxy) is 1. The molecule has 3 aromatic rings. The summed E-state index contributed by atoms with van der Waals surface area (Å²) >= 11 is 3.43. The van der Waals surface area contributed by atoms with Crippen LogP contribution in [-0.4, -0.2) is 9.97 Å². The summed E-state index contributed by atoms with van der Waals surface area (Å²) in [6.45, 7) is 1.87. The lowest BCUT2D eigenvalue weighted by atomic mass is 10.3. The van der Waals surface area contributed by atoms with Crippen LogP contribution in [-0.2, 0) is 0 Å². The molecule has 4 nitrogen and oxygen atoms in total. The molecule has 1 aromatic heterocycles. The number of para-hydroxylation sites is 2. The monoisotopic (exact) mass is 329 g/mol. The maximum Gasteiger partial charge on any atom is 0.241 e. The van der Waals surface area contributed by atoms with Crippen LogP contribution in [0.5, 0.6) is 11.6 Å². The summed E-state index contributed by atoms with van der Waals surface area (Å²) in [5.74, 6) is 1.10. The van der Waals surface area contributed by atoms with Gasteiger partial charge in [-0.05, 0) is 47.1 Å². The van der Waals surface area contributed by atoms with Gasteiger partial charge in [0.25, 0.3) is 0 Å². The summed E-state index contributed by atoms with van der Waals surface area (Å²) < 4.78 is 6.65. The second-order valence-electron chi connectivity index (χ2n) is 4.39. The van der Waals surface area contributed by atoms with Gasteiger partial charge in [-0.2, -0.15) is 0 Å². The van der Waals surface area contributed by atoms with Crippen LogP contribution in [0.25, 0.3) is 11.0 Å². The highest BCUT2D eigenvalue weighted by Crippen LogP contribution is 2.32. The lowest BCUT2D eigenvalue weighted by Gasteiger charge is -2.10. The number of benzene rings is 2. The maximum absolute atomic E-state index is 5.83. The number of nitrogens with zero attached hydrogens (tertiary/aromatic N) is 2. The molecule has 5 heteroatoms. The Morgan fingerprint density at radius 2 is 1.75 bits per heavy atom. The van der Waals surface area contributed by atoms with Crippen LogP contribution in [0.3, 0.4) is 0 Å². The molecular formula is C15H12BrN3O. The van der Waals surface area contributed by atoms with Crippen LogP contribution in [0.2, 0.25) is 0 Å². The topological polar surface area (TPSA) is 61.0 Å². The molecule has 0 aliphatic carbocycles. The average Bonchev–Trinajstić information content (AvgIpc) is 2.43. The van der Waals surface area contributed by atoms with E-state index in [-0.39, 0.29) is 0 Å². The van der Waals surface area contributed by atoms with Crippen LogP contribution in [0, 0.1) is 6.92 Å². The van der Waals surface area contributed by atoms with Crippen LogP contribution in [0.4, 0.5) is 5.69 Å². The van der Waals surface area contributed by atoms with Crippen molar-refractivity contribution in [1.29, 1.82) is 0 Å². The van der Waals surface area contributed by atoms with E-state index in [0.29, 0.717) is 17.3 Å². The third-order valence-electron chi connectivity index (χ3n) is 2.86. The van der Waals surface area contributed by atoms with Gasteiger partial charge in [0.15, 0.2) is 0 Å². The zero-order chi connectivity index (χ0) is 14.1. The van der Waals surface area contributed by atoms with Crippen molar-refractivity contribution in [3.8, 4) is 11.6 Å². The lowest BCUT2D eigenvalue weighted by Crippen LogP contribution is -1.96. The van der Waals surface area contributed by atoms with Gasteiger partial charge >= 0.3 is 0 Å². The molecule has 2 N–H and O–H groups in total. The number of anilines is 1. The molecule has 0 fully saturated rings. The van der Waals surface area contributed by atoms with Gasteiger partial charge in [0.1, 0.15) is 11.4 Å². The van der Waals surface area contributed by atoms with Crippen molar-refractivity contribution >= 4 is 32.7 Å². The van der Waals surface area contributed by atoms with Crippen LogP contribution >= 0.6 is 15.9 Å². The van der Waals surface area contributed by atoms with Gasteiger partial charge in [-0.15, -0.1) is 0 Å². The molecule has 0 aliphatic heterocycles. The predicted octanol–water partition coefficient (Wildman–Crippen LogP) is 4.08. The Labute approximate surface area is 124 Å². The largest absolute Gasteiger partial charge is 0.436 e. The van der Waals surface area contributed by atoms with Crippen molar-refractivity contribution in [1.82, 2.24) is 9.97 Å². The zero-order valence-electron chi connectivity index (χ0n) is 10.8. The first-order valence-corrected chi connectivity index (χ1v) is 6.89. The van der Waals surface area contributed by atoms with Crippen molar-refractivity contribution in [2.24, 2.45) is 0 Å². The minimum Gasteiger partial charge on any atom is -0.436 e. The van der Waals surface area contributed by atoms with Crippen molar-refractivity contribution < 1.29 is 4.74 Å². The molecule has 0 unspecified atom stereocenters. The van der Waals surface area contributed by atoms with Crippen LogP contribution in [0.1, 0.15) is 5.69 Å². The second kappa shape index (κ2) is 5.09. The highest BCUT2D eigenvalue weighted by atomic mass is 79.9. The summed E-state index contributed by atoms with van der Waals surface area (Å²) in [7, 11) is 0. The summed E-state index contributed by atoms with van der Waals surface area (Å²) in [6.07, 6.45) is 0. The quantitative estimate of drug-likeness (QED) is 0.720. The first-order chi connectivity index (χ1) is 9.63. The molecule has 0 saturated carbocycles. The summed E-state index contributed by atoms with van der Waals surface area (Å²) in [6, 6.07) is 13.1. The smallest absolute Gasteiger partial charge is 0.241 e. The van der Waals surface area contributed by atoms with E-state index in [1.54, 1.807) is 12.1 Å². The van der Waals surface area contributed by atoms with E-state index in [1.807, 2.05) is 37.3 Å². The SMILES string of the molecule is Cc1nc2ccccc2nc1Oc1cc(N)ccc1Br. The number of rotatable bonds is 2. The molecule has 1 heterocycles. The van der Waals surface area contributed by atoms with Crippen LogP contribution < -0.4 is 10.5 Å². The van der Waals surface area contributed by atoms with E-state index >= 15 is 0 Å². The second-order valence-corrected chi connectivity index (χ2v) is 5.25. The standard InChI is InChI=1S/C15H12BrN3O/c1-9-15(19-13-5-3-2-4-12(13)18-9)20-14-8-10(17)6-7-11(14)16/h2-8H,17H2,1H3. The minimum absolute atomic E-state index is 0.481. The van der Waals surface area contributed by atoms with Crippen molar-refractivity contribution in [3.63, 3.8) is 0 Å². The fourth-order valence-electron chi connectivity index (χ4n) is 1.87. The minimum atomic E-state index is 0.481. The number of fused-ring (bicyclic) bond motifs is 1. The number of hydrogen-bond acceptors (Lipinski definition) is 4. The Hall–Kier alpha value is -2.14. The Balaban J connectivity index is 2.06. The van der Waals surface area contributed by atoms with Crippen molar-refractivity contribution in [3.05, 3.63) is 52.6 Å². The molecule has 0 saturated heterocycles. The van der Waals surface area contributed by atoms with Gasteiger partial charge < -0.3 is 10.5 Å². The van der Waals surface area contributed by atoms with E-state index in [0.717, 1.165) is 21.2 Å². The fourth-order valence-corrected chi connectivity index (χ4v) is 2.20. The first kappa shape index (κ1) is 12.9. The highest BCUT2D eigenvalue weighted by Gasteiger charge is 2.09. The molecule has 0 amide bonds. The zero-order valence-corrected chi connectivity index (χ0v) is 12.4. The van der Waals surface area contributed by atoms with E-state index in [4.69, 9.17) is 10.5 Å². The number of nitrogen functional groups attached to an aromatic ring is 1. The van der Waals surface area contributed by atoms with E-state index in [1.165, 1.54) is 0 Å². The number of aryl methyl sites for hydroxylation is 1. The van der Waals surface area contributed by atoms with E-state index in [9.17, 15) is 0 Å². The van der Waals surface area contributed by atoms with Crippen LogP contribution in [0.15, 0.2) is 46.9 Å². The number of nitrogens with two attached hydrogens (primary N) is 1. The normalized spacial score (nSPS) is 10.7. The molecule has 0 atom stereocenters. The van der Waals surface area contributed by atoms with Crippen molar-refractivity contribution in [2.45, 2.75) is 6.92 Å². The Morgan fingerprint density at radius 1 is 1.05 bits per heavy atom. The van der Waals surface area contributed by atoms with Gasteiger partial charge in [-0.1, -0.05) is 12.1 Å². The summed E-state index contributed by atoms with van der Waals surface area (Å²) in [4.78, 5) is 8.98.